The molecule has 132 valence electrons. The Labute approximate surface area is 155 Å². The summed E-state index contributed by atoms with van der Waals surface area (Å²) in [5.41, 5.74) is 2.92. The average molecular weight is 370 g/mol. The van der Waals surface area contributed by atoms with Crippen molar-refractivity contribution in [2.75, 3.05) is 0 Å². The number of hydrogen-bond donors (Lipinski definition) is 1. The minimum absolute atomic E-state index is 0.172. The molecule has 2 heterocycles. The maximum atomic E-state index is 12.3. The Bertz CT molecular complexity index is 953. The highest BCUT2D eigenvalue weighted by molar-refractivity contribution is 6.30. The lowest BCUT2D eigenvalue weighted by atomic mass is 10.1. The zero-order valence-corrected chi connectivity index (χ0v) is 14.8. The Morgan fingerprint density at radius 1 is 1.27 bits per heavy atom. The molecule has 1 amide bonds. The van der Waals surface area contributed by atoms with Crippen molar-refractivity contribution in [3.63, 3.8) is 0 Å². The zero-order chi connectivity index (χ0) is 18.1. The van der Waals surface area contributed by atoms with Crippen LogP contribution in [-0.4, -0.2) is 22.2 Å². The van der Waals surface area contributed by atoms with Crippen LogP contribution in [0.25, 0.3) is 11.5 Å². The molecular formula is C19H16ClN3O3. The van der Waals surface area contributed by atoms with Gasteiger partial charge in [0.15, 0.2) is 11.9 Å². The van der Waals surface area contributed by atoms with Gasteiger partial charge in [-0.25, -0.2) is 0 Å². The molecule has 1 aliphatic rings. The molecule has 0 unspecified atom stereocenters. The van der Waals surface area contributed by atoms with Crippen molar-refractivity contribution in [2.24, 2.45) is 0 Å². The SMILES string of the molecule is Cc1ccc(-c2nc(CNC(=O)[C@H]3Cc4cc(Cl)ccc4O3)no2)cc1. The monoisotopic (exact) mass is 369 g/mol. The molecule has 1 atom stereocenters. The first-order chi connectivity index (χ1) is 12.6. The van der Waals surface area contributed by atoms with Gasteiger partial charge in [-0.05, 0) is 42.8 Å². The number of aromatic nitrogens is 2. The summed E-state index contributed by atoms with van der Waals surface area (Å²) in [5, 5.41) is 7.32. The van der Waals surface area contributed by atoms with Crippen molar-refractivity contribution in [1.29, 1.82) is 0 Å². The number of fused-ring (bicyclic) bond motifs is 1. The van der Waals surface area contributed by atoms with Crippen LogP contribution < -0.4 is 10.1 Å². The smallest absolute Gasteiger partial charge is 0.261 e. The number of amides is 1. The van der Waals surface area contributed by atoms with Crippen LogP contribution in [0.4, 0.5) is 0 Å². The van der Waals surface area contributed by atoms with E-state index in [2.05, 4.69) is 15.5 Å². The molecule has 1 aromatic heterocycles. The van der Waals surface area contributed by atoms with Crippen LogP contribution in [0.3, 0.4) is 0 Å². The number of hydrogen-bond acceptors (Lipinski definition) is 5. The number of aryl methyl sites for hydroxylation is 1. The first-order valence-electron chi connectivity index (χ1n) is 8.21. The van der Waals surface area contributed by atoms with Gasteiger partial charge in [-0.1, -0.05) is 34.5 Å². The number of carbonyl (C=O) groups excluding carboxylic acids is 1. The van der Waals surface area contributed by atoms with E-state index < -0.39 is 6.10 Å². The first kappa shape index (κ1) is 16.6. The van der Waals surface area contributed by atoms with Crippen LogP contribution in [0.1, 0.15) is 17.0 Å². The molecule has 7 heteroatoms. The second-order valence-electron chi connectivity index (χ2n) is 6.16. The van der Waals surface area contributed by atoms with Gasteiger partial charge in [0.05, 0.1) is 6.54 Å². The van der Waals surface area contributed by atoms with Gasteiger partial charge in [0.1, 0.15) is 5.75 Å². The molecule has 1 N–H and O–H groups in total. The second kappa shape index (κ2) is 6.80. The minimum atomic E-state index is -0.577. The number of halogens is 1. The number of carbonyl (C=O) groups is 1. The molecular weight excluding hydrogens is 354 g/mol. The van der Waals surface area contributed by atoms with Gasteiger partial charge in [-0.15, -0.1) is 0 Å². The van der Waals surface area contributed by atoms with E-state index in [1.807, 2.05) is 37.3 Å². The summed E-state index contributed by atoms with van der Waals surface area (Å²) < 4.78 is 10.9. The molecule has 3 aromatic rings. The van der Waals surface area contributed by atoms with Crippen LogP contribution >= 0.6 is 11.6 Å². The third kappa shape index (κ3) is 3.41. The maximum absolute atomic E-state index is 12.3. The van der Waals surface area contributed by atoms with Crippen LogP contribution in [0, 0.1) is 6.92 Å². The van der Waals surface area contributed by atoms with E-state index in [1.54, 1.807) is 12.1 Å². The number of nitrogens with one attached hydrogen (secondary N) is 1. The van der Waals surface area contributed by atoms with Crippen LogP contribution in [0.5, 0.6) is 5.75 Å². The summed E-state index contributed by atoms with van der Waals surface area (Å²) in [4.78, 5) is 16.6. The molecule has 6 nitrogen and oxygen atoms in total. The molecule has 0 saturated heterocycles. The Balaban J connectivity index is 1.36. The summed E-state index contributed by atoms with van der Waals surface area (Å²) in [6.07, 6.45) is -0.0882. The van der Waals surface area contributed by atoms with Crippen molar-refractivity contribution in [3.05, 3.63) is 64.4 Å². The fourth-order valence-electron chi connectivity index (χ4n) is 2.78. The predicted molar refractivity (Wildman–Crippen MR) is 95.9 cm³/mol. The van der Waals surface area contributed by atoms with Crippen LogP contribution in [-0.2, 0) is 17.8 Å². The summed E-state index contributed by atoms with van der Waals surface area (Å²) >= 11 is 5.97. The van der Waals surface area contributed by atoms with Gasteiger partial charge in [-0.2, -0.15) is 4.98 Å². The average Bonchev–Trinajstić information content (AvgIpc) is 3.27. The van der Waals surface area contributed by atoms with E-state index in [1.165, 1.54) is 0 Å². The van der Waals surface area contributed by atoms with E-state index in [4.69, 9.17) is 20.9 Å². The Hall–Kier alpha value is -2.86. The lowest BCUT2D eigenvalue weighted by Gasteiger charge is -2.09. The predicted octanol–water partition coefficient (Wildman–Crippen LogP) is 3.32. The molecule has 0 spiro atoms. The summed E-state index contributed by atoms with van der Waals surface area (Å²) in [6.45, 7) is 2.18. The zero-order valence-electron chi connectivity index (χ0n) is 14.0. The lowest BCUT2D eigenvalue weighted by Crippen LogP contribution is -2.37. The topological polar surface area (TPSA) is 77.2 Å². The largest absolute Gasteiger partial charge is 0.480 e. The van der Waals surface area contributed by atoms with E-state index in [0.29, 0.717) is 28.9 Å². The standard InChI is InChI=1S/C19H16ClN3O3/c1-11-2-4-12(5-3-11)19-22-17(23-26-19)10-21-18(24)16-9-13-8-14(20)6-7-15(13)25-16/h2-8,16H,9-10H2,1H3,(H,21,24)/t16-/m1/s1. The van der Waals surface area contributed by atoms with Crippen LogP contribution in [0.15, 0.2) is 47.0 Å². The number of nitrogens with zero attached hydrogens (tertiary/aromatic N) is 2. The quantitative estimate of drug-likeness (QED) is 0.763. The van der Waals surface area contributed by atoms with Gasteiger partial charge < -0.3 is 14.6 Å². The molecule has 1 aliphatic heterocycles. The lowest BCUT2D eigenvalue weighted by molar-refractivity contribution is -0.127. The van der Waals surface area contributed by atoms with Crippen LogP contribution in [0.2, 0.25) is 5.02 Å². The fourth-order valence-corrected chi connectivity index (χ4v) is 2.98. The van der Waals surface area contributed by atoms with Crippen molar-refractivity contribution < 1.29 is 14.1 Å². The van der Waals surface area contributed by atoms with Gasteiger partial charge in [0, 0.05) is 17.0 Å². The Kier molecular flexibility index (Phi) is 4.34. The van der Waals surface area contributed by atoms with Gasteiger partial charge >= 0.3 is 0 Å². The summed E-state index contributed by atoms with van der Waals surface area (Å²) in [7, 11) is 0. The normalized spacial score (nSPS) is 15.4. The van der Waals surface area contributed by atoms with E-state index >= 15 is 0 Å². The molecule has 26 heavy (non-hydrogen) atoms. The van der Waals surface area contributed by atoms with E-state index in [0.717, 1.165) is 16.7 Å². The number of benzene rings is 2. The summed E-state index contributed by atoms with van der Waals surface area (Å²) in [6, 6.07) is 13.1. The molecule has 4 rings (SSSR count). The molecule has 2 aromatic carbocycles. The Morgan fingerprint density at radius 3 is 2.88 bits per heavy atom. The van der Waals surface area contributed by atoms with Gasteiger partial charge in [0.2, 0.25) is 0 Å². The number of rotatable bonds is 4. The molecule has 0 saturated carbocycles. The first-order valence-corrected chi connectivity index (χ1v) is 8.59. The maximum Gasteiger partial charge on any atom is 0.261 e. The molecule has 0 bridgehead atoms. The van der Waals surface area contributed by atoms with Crippen molar-refractivity contribution in [1.82, 2.24) is 15.5 Å². The third-order valence-electron chi connectivity index (χ3n) is 4.18. The minimum Gasteiger partial charge on any atom is -0.480 e. The number of ether oxygens (including phenoxy) is 1. The molecule has 0 radical (unpaired) electrons. The van der Waals surface area contributed by atoms with Gasteiger partial charge in [0.25, 0.3) is 11.8 Å². The van der Waals surface area contributed by atoms with Gasteiger partial charge in [-0.3, -0.25) is 4.79 Å². The van der Waals surface area contributed by atoms with Crippen molar-refractivity contribution in [2.45, 2.75) is 26.0 Å². The third-order valence-corrected chi connectivity index (χ3v) is 4.41. The highest BCUT2D eigenvalue weighted by atomic mass is 35.5. The van der Waals surface area contributed by atoms with Crippen molar-refractivity contribution in [3.8, 4) is 17.2 Å². The van der Waals surface area contributed by atoms with E-state index in [9.17, 15) is 4.79 Å². The molecule has 0 fully saturated rings. The highest BCUT2D eigenvalue weighted by Crippen LogP contribution is 2.31. The van der Waals surface area contributed by atoms with Crippen molar-refractivity contribution >= 4 is 17.5 Å². The molecule has 0 aliphatic carbocycles. The Morgan fingerprint density at radius 2 is 2.08 bits per heavy atom. The highest BCUT2D eigenvalue weighted by Gasteiger charge is 2.29. The second-order valence-corrected chi connectivity index (χ2v) is 6.60. The fraction of sp³-hybridized carbons (Fsp3) is 0.211. The summed E-state index contributed by atoms with van der Waals surface area (Å²) in [5.74, 6) is 1.30. The van der Waals surface area contributed by atoms with E-state index in [-0.39, 0.29) is 12.5 Å².